The second kappa shape index (κ2) is 6.72. The molecule has 0 aliphatic rings. The molecule has 116 valence electrons. The molecular weight excluding hydrogens is 295 g/mol. The zero-order valence-electron chi connectivity index (χ0n) is 11.5. The number of nitrogens with zero attached hydrogens (tertiary/aromatic N) is 4. The third kappa shape index (κ3) is 6.06. The molecule has 0 saturated carbocycles. The summed E-state index contributed by atoms with van der Waals surface area (Å²) in [6.07, 6.45) is -7.01. The number of tetrazole rings is 1. The van der Waals surface area contributed by atoms with Crippen LogP contribution in [0.2, 0.25) is 0 Å². The van der Waals surface area contributed by atoms with Crippen LogP contribution in [0, 0.1) is 0 Å². The van der Waals surface area contributed by atoms with E-state index in [9.17, 15) is 13.2 Å². The van der Waals surface area contributed by atoms with Crippen LogP contribution in [0.25, 0.3) is 0 Å². The molecule has 1 aromatic rings. The van der Waals surface area contributed by atoms with Crippen molar-refractivity contribution >= 4 is 11.8 Å². The molecule has 0 bridgehead atoms. The van der Waals surface area contributed by atoms with E-state index in [1.54, 1.807) is 0 Å². The summed E-state index contributed by atoms with van der Waals surface area (Å²) in [7, 11) is 0. The number of aliphatic hydroxyl groups excluding tert-OH is 1. The number of aliphatic hydroxyl groups is 1. The minimum atomic E-state index is -4.63. The Bertz CT molecular complexity index is 418. The van der Waals surface area contributed by atoms with E-state index in [2.05, 4.69) is 20.8 Å². The molecule has 0 fully saturated rings. The van der Waals surface area contributed by atoms with Crippen LogP contribution in [0.15, 0.2) is 5.16 Å². The summed E-state index contributed by atoms with van der Waals surface area (Å²) in [6, 6.07) is 0. The lowest BCUT2D eigenvalue weighted by atomic mass is 10.1. The van der Waals surface area contributed by atoms with Crippen molar-refractivity contribution < 1.29 is 18.3 Å². The predicted molar refractivity (Wildman–Crippen MR) is 68.4 cm³/mol. The fraction of sp³-hybridized carbons (Fsp3) is 0.900. The molecule has 6 nitrogen and oxygen atoms in total. The van der Waals surface area contributed by atoms with Gasteiger partial charge in [0.05, 0.1) is 6.54 Å². The monoisotopic (exact) mass is 313 g/mol. The minimum absolute atomic E-state index is 0.0617. The van der Waals surface area contributed by atoms with E-state index in [-0.39, 0.29) is 10.7 Å². The van der Waals surface area contributed by atoms with Crippen LogP contribution in [0.3, 0.4) is 0 Å². The minimum Gasteiger partial charge on any atom is -0.383 e. The number of hydrogen-bond donors (Lipinski definition) is 2. The summed E-state index contributed by atoms with van der Waals surface area (Å²) < 4.78 is 38.0. The van der Waals surface area contributed by atoms with Crippen molar-refractivity contribution in [3.05, 3.63) is 0 Å². The first-order valence-electron chi connectivity index (χ1n) is 5.98. The molecule has 20 heavy (non-hydrogen) atoms. The van der Waals surface area contributed by atoms with Crippen molar-refractivity contribution in [2.45, 2.75) is 50.3 Å². The maximum Gasteiger partial charge on any atom is 0.415 e. The Hall–Kier alpha value is -0.870. The summed E-state index contributed by atoms with van der Waals surface area (Å²) in [5.41, 5.74) is -0.0617. The lowest BCUT2D eigenvalue weighted by molar-refractivity contribution is -0.195. The first-order chi connectivity index (χ1) is 9.09. The van der Waals surface area contributed by atoms with E-state index in [1.807, 2.05) is 20.8 Å². The average molecular weight is 313 g/mol. The normalized spacial score (nSPS) is 14.6. The fourth-order valence-corrected chi connectivity index (χ4v) is 2.09. The van der Waals surface area contributed by atoms with E-state index in [1.165, 1.54) is 4.68 Å². The molecule has 0 aliphatic heterocycles. The number of hydrogen-bond acceptors (Lipinski definition) is 6. The first-order valence-corrected chi connectivity index (χ1v) is 6.97. The van der Waals surface area contributed by atoms with Gasteiger partial charge in [0.15, 0.2) is 6.10 Å². The highest BCUT2D eigenvalue weighted by molar-refractivity contribution is 7.99. The van der Waals surface area contributed by atoms with Crippen molar-refractivity contribution in [1.82, 2.24) is 25.5 Å². The van der Waals surface area contributed by atoms with Gasteiger partial charge in [0, 0.05) is 17.8 Å². The Morgan fingerprint density at radius 3 is 2.55 bits per heavy atom. The molecule has 1 aromatic heterocycles. The molecule has 1 rings (SSSR count). The Morgan fingerprint density at radius 1 is 1.35 bits per heavy atom. The number of thioether (sulfide) groups is 1. The number of alkyl halides is 3. The van der Waals surface area contributed by atoms with Crippen LogP contribution in [-0.2, 0) is 6.54 Å². The van der Waals surface area contributed by atoms with Gasteiger partial charge in [0.25, 0.3) is 0 Å². The highest BCUT2D eigenvalue weighted by atomic mass is 32.2. The molecule has 0 spiro atoms. The summed E-state index contributed by atoms with van der Waals surface area (Å²) in [4.78, 5) is 0. The average Bonchev–Trinajstić information content (AvgIpc) is 2.70. The van der Waals surface area contributed by atoms with E-state index < -0.39 is 18.0 Å². The van der Waals surface area contributed by atoms with Crippen LogP contribution in [0.4, 0.5) is 13.2 Å². The van der Waals surface area contributed by atoms with Gasteiger partial charge in [-0.3, -0.25) is 0 Å². The molecule has 0 amide bonds. The Labute approximate surface area is 119 Å². The van der Waals surface area contributed by atoms with E-state index >= 15 is 0 Å². The van der Waals surface area contributed by atoms with Crippen molar-refractivity contribution in [3.63, 3.8) is 0 Å². The second-order valence-corrected chi connectivity index (χ2v) is 6.22. The first kappa shape index (κ1) is 17.2. The van der Waals surface area contributed by atoms with Crippen LogP contribution >= 0.6 is 11.8 Å². The van der Waals surface area contributed by atoms with Gasteiger partial charge in [0.2, 0.25) is 5.16 Å². The lowest BCUT2D eigenvalue weighted by Crippen LogP contribution is -2.38. The summed E-state index contributed by atoms with van der Waals surface area (Å²) in [5, 5.41) is 23.2. The third-order valence-electron chi connectivity index (χ3n) is 2.23. The molecule has 10 heteroatoms. The number of halogens is 3. The lowest BCUT2D eigenvalue weighted by Gasteiger charge is -2.20. The number of aromatic nitrogens is 4. The molecule has 0 aliphatic carbocycles. The highest BCUT2D eigenvalue weighted by Crippen LogP contribution is 2.25. The summed E-state index contributed by atoms with van der Waals surface area (Å²) in [6.45, 7) is 7.03. The van der Waals surface area contributed by atoms with Gasteiger partial charge in [0.1, 0.15) is 0 Å². The van der Waals surface area contributed by atoms with Crippen LogP contribution in [0.1, 0.15) is 20.8 Å². The topological polar surface area (TPSA) is 75.9 Å². The number of rotatable bonds is 6. The number of nitrogens with one attached hydrogen (secondary N) is 1. The van der Waals surface area contributed by atoms with Gasteiger partial charge in [-0.15, -0.1) is 5.10 Å². The summed E-state index contributed by atoms with van der Waals surface area (Å²) >= 11 is 0.776. The van der Waals surface area contributed by atoms with Crippen LogP contribution < -0.4 is 5.32 Å². The fourth-order valence-electron chi connectivity index (χ4n) is 1.22. The molecular formula is C10H18F3N5OS. The van der Waals surface area contributed by atoms with Crippen molar-refractivity contribution in [2.75, 3.05) is 12.3 Å². The highest BCUT2D eigenvalue weighted by Gasteiger charge is 2.38. The zero-order chi connectivity index (χ0) is 15.4. The Kier molecular flexibility index (Phi) is 5.78. The molecule has 1 heterocycles. The second-order valence-electron chi connectivity index (χ2n) is 5.23. The third-order valence-corrected chi connectivity index (χ3v) is 3.26. The Morgan fingerprint density at radius 2 is 2.00 bits per heavy atom. The quantitative estimate of drug-likeness (QED) is 0.765. The Balaban J connectivity index is 2.47. The zero-order valence-corrected chi connectivity index (χ0v) is 12.3. The van der Waals surface area contributed by atoms with Crippen LogP contribution in [0.5, 0.6) is 0 Å². The van der Waals surface area contributed by atoms with Gasteiger partial charge in [-0.25, -0.2) is 4.68 Å². The molecule has 1 unspecified atom stereocenters. The van der Waals surface area contributed by atoms with Gasteiger partial charge in [-0.05, 0) is 31.2 Å². The predicted octanol–water partition coefficient (Wildman–Crippen LogP) is 1.08. The molecule has 0 radical (unpaired) electrons. The van der Waals surface area contributed by atoms with Gasteiger partial charge in [-0.2, -0.15) is 13.2 Å². The summed E-state index contributed by atoms with van der Waals surface area (Å²) in [5.74, 6) is -0.531. The van der Waals surface area contributed by atoms with E-state index in [0.717, 1.165) is 11.8 Å². The van der Waals surface area contributed by atoms with E-state index in [0.29, 0.717) is 13.1 Å². The van der Waals surface area contributed by atoms with Crippen molar-refractivity contribution in [3.8, 4) is 0 Å². The molecule has 0 saturated heterocycles. The van der Waals surface area contributed by atoms with Gasteiger partial charge >= 0.3 is 6.18 Å². The van der Waals surface area contributed by atoms with Crippen molar-refractivity contribution in [2.24, 2.45) is 0 Å². The van der Waals surface area contributed by atoms with Crippen molar-refractivity contribution in [1.29, 1.82) is 0 Å². The maximum absolute atomic E-state index is 12.2. The van der Waals surface area contributed by atoms with E-state index in [4.69, 9.17) is 5.11 Å². The standard InChI is InChI=1S/C10H18F3N5OS/c1-9(2,3)14-4-5-18-8(15-16-17-18)20-6-7(19)10(11,12)13/h7,14,19H,4-6H2,1-3H3. The molecule has 2 N–H and O–H groups in total. The maximum atomic E-state index is 12.2. The van der Waals surface area contributed by atoms with Crippen LogP contribution in [-0.4, -0.2) is 55.4 Å². The molecule has 1 atom stereocenters. The smallest absolute Gasteiger partial charge is 0.383 e. The molecule has 0 aromatic carbocycles. The van der Waals surface area contributed by atoms with Gasteiger partial charge < -0.3 is 10.4 Å². The SMILES string of the molecule is CC(C)(C)NCCn1nnnc1SCC(O)C(F)(F)F. The largest absolute Gasteiger partial charge is 0.415 e. The van der Waals surface area contributed by atoms with Gasteiger partial charge in [-0.1, -0.05) is 11.8 Å².